The van der Waals surface area contributed by atoms with Crippen LogP contribution in [0.2, 0.25) is 0 Å². The van der Waals surface area contributed by atoms with E-state index in [4.69, 9.17) is 5.73 Å². The summed E-state index contributed by atoms with van der Waals surface area (Å²) >= 11 is 3.29. The molecular weight excluding hydrogens is 308 g/mol. The van der Waals surface area contributed by atoms with Crippen LogP contribution in [0, 0.1) is 5.41 Å². The Kier molecular flexibility index (Phi) is 5.38. The first-order valence-electron chi connectivity index (χ1n) is 6.21. The average Bonchev–Trinajstić information content (AvgIpc) is 2.27. The molecule has 0 aliphatic heterocycles. The van der Waals surface area contributed by atoms with E-state index in [1.54, 1.807) is 18.2 Å². The number of nitrogen functional groups attached to an aromatic ring is 1. The van der Waals surface area contributed by atoms with E-state index in [0.29, 0.717) is 22.1 Å². The number of benzene rings is 1. The van der Waals surface area contributed by atoms with Gasteiger partial charge in [0.15, 0.2) is 0 Å². The van der Waals surface area contributed by atoms with Crippen molar-refractivity contribution in [1.29, 1.82) is 0 Å². The van der Waals surface area contributed by atoms with E-state index >= 15 is 0 Å². The van der Waals surface area contributed by atoms with Crippen molar-refractivity contribution in [3.05, 3.63) is 28.2 Å². The number of nitrogens with two attached hydrogens (primary N) is 1. The highest BCUT2D eigenvalue weighted by Crippen LogP contribution is 2.24. The predicted octanol–water partition coefficient (Wildman–Crippen LogP) is 2.56. The van der Waals surface area contributed by atoms with E-state index in [0.717, 1.165) is 0 Å². The van der Waals surface area contributed by atoms with Gasteiger partial charge < -0.3 is 16.2 Å². The lowest BCUT2D eigenvalue weighted by Gasteiger charge is -2.22. The van der Waals surface area contributed by atoms with Gasteiger partial charge in [0.2, 0.25) is 0 Å². The van der Waals surface area contributed by atoms with E-state index in [1.807, 2.05) is 20.8 Å². The molecule has 0 aliphatic rings. The van der Waals surface area contributed by atoms with Crippen LogP contribution in [0.25, 0.3) is 0 Å². The van der Waals surface area contributed by atoms with Crippen molar-refractivity contribution >= 4 is 27.5 Å². The number of amides is 1. The fourth-order valence-electron chi connectivity index (χ4n) is 1.81. The molecular formula is C14H21BrN2O2. The molecule has 4 nitrogen and oxygen atoms in total. The topological polar surface area (TPSA) is 75.3 Å². The Balaban J connectivity index is 2.59. The molecule has 106 valence electrons. The number of aliphatic hydroxyl groups excluding tert-OH is 1. The van der Waals surface area contributed by atoms with Crippen LogP contribution >= 0.6 is 15.9 Å². The molecule has 1 unspecified atom stereocenters. The Bertz CT molecular complexity index is 455. The van der Waals surface area contributed by atoms with Gasteiger partial charge in [-0.1, -0.05) is 26.8 Å². The van der Waals surface area contributed by atoms with Crippen LogP contribution in [0.1, 0.15) is 37.6 Å². The van der Waals surface area contributed by atoms with Gasteiger partial charge in [0.05, 0.1) is 16.1 Å². The first kappa shape index (κ1) is 16.0. The lowest BCUT2D eigenvalue weighted by Crippen LogP contribution is -2.34. The first-order valence-corrected chi connectivity index (χ1v) is 7.00. The lowest BCUT2D eigenvalue weighted by atomic mass is 9.89. The van der Waals surface area contributed by atoms with E-state index in [9.17, 15) is 9.90 Å². The molecule has 0 aliphatic carbocycles. The second kappa shape index (κ2) is 6.39. The minimum atomic E-state index is -0.552. The van der Waals surface area contributed by atoms with Crippen LogP contribution in [0.5, 0.6) is 0 Å². The summed E-state index contributed by atoms with van der Waals surface area (Å²) in [5.41, 5.74) is 6.74. The van der Waals surface area contributed by atoms with E-state index in [1.165, 1.54) is 0 Å². The number of halogens is 1. The summed E-state index contributed by atoms with van der Waals surface area (Å²) in [6.45, 7) is 6.38. The number of carbonyl (C=O) groups is 1. The molecule has 1 amide bonds. The van der Waals surface area contributed by atoms with Gasteiger partial charge in [-0.15, -0.1) is 0 Å². The highest BCUT2D eigenvalue weighted by atomic mass is 79.9. The third-order valence-corrected chi connectivity index (χ3v) is 3.50. The Morgan fingerprint density at radius 2 is 2.11 bits per heavy atom. The molecule has 0 fully saturated rings. The predicted molar refractivity (Wildman–Crippen MR) is 81.0 cm³/mol. The Morgan fingerprint density at radius 3 is 2.68 bits per heavy atom. The van der Waals surface area contributed by atoms with Crippen LogP contribution in [0.3, 0.4) is 0 Å². The summed E-state index contributed by atoms with van der Waals surface area (Å²) in [7, 11) is 0. The highest BCUT2D eigenvalue weighted by molar-refractivity contribution is 9.10. The third kappa shape index (κ3) is 5.20. The van der Waals surface area contributed by atoms with Gasteiger partial charge in [0.25, 0.3) is 5.91 Å². The highest BCUT2D eigenvalue weighted by Gasteiger charge is 2.18. The van der Waals surface area contributed by atoms with Gasteiger partial charge in [0, 0.05) is 12.2 Å². The number of hydrogen-bond donors (Lipinski definition) is 3. The Hall–Kier alpha value is -1.07. The molecule has 1 atom stereocenters. The fourth-order valence-corrected chi connectivity index (χ4v) is 2.25. The SMILES string of the molecule is CC(C)(C)CC(O)CNC(=O)c1cccc(N)c1Br. The summed E-state index contributed by atoms with van der Waals surface area (Å²) in [5, 5.41) is 12.6. The van der Waals surface area contributed by atoms with Gasteiger partial charge in [-0.05, 0) is 39.9 Å². The molecule has 0 radical (unpaired) electrons. The van der Waals surface area contributed by atoms with Crippen molar-refractivity contribution in [2.75, 3.05) is 12.3 Å². The maximum Gasteiger partial charge on any atom is 0.252 e. The molecule has 0 aromatic heterocycles. The maximum atomic E-state index is 12.0. The summed E-state index contributed by atoms with van der Waals surface area (Å²) in [4.78, 5) is 12.0. The molecule has 0 heterocycles. The van der Waals surface area contributed by atoms with Gasteiger partial charge in [-0.2, -0.15) is 0 Å². The summed E-state index contributed by atoms with van der Waals surface area (Å²) in [5.74, 6) is -0.243. The molecule has 1 aromatic rings. The van der Waals surface area contributed by atoms with Crippen LogP contribution in [0.15, 0.2) is 22.7 Å². The second-order valence-electron chi connectivity index (χ2n) is 5.84. The Labute approximate surface area is 122 Å². The number of nitrogens with one attached hydrogen (secondary N) is 1. The molecule has 1 rings (SSSR count). The fraction of sp³-hybridized carbons (Fsp3) is 0.500. The number of anilines is 1. The molecule has 5 heteroatoms. The smallest absolute Gasteiger partial charge is 0.252 e. The molecule has 0 saturated carbocycles. The summed E-state index contributed by atoms with van der Waals surface area (Å²) in [6, 6.07) is 5.13. The van der Waals surface area contributed by atoms with Crippen molar-refractivity contribution < 1.29 is 9.90 Å². The molecule has 1 aromatic carbocycles. The summed E-state index contributed by atoms with van der Waals surface area (Å²) < 4.78 is 0.581. The number of hydrogen-bond acceptors (Lipinski definition) is 3. The van der Waals surface area contributed by atoms with Crippen molar-refractivity contribution in [3.63, 3.8) is 0 Å². The average molecular weight is 329 g/mol. The minimum absolute atomic E-state index is 0.0297. The van der Waals surface area contributed by atoms with Crippen molar-refractivity contribution in [1.82, 2.24) is 5.32 Å². The standard InChI is InChI=1S/C14H21BrN2O2/c1-14(2,3)7-9(18)8-17-13(19)10-5-4-6-11(16)12(10)15/h4-6,9,18H,7-8,16H2,1-3H3,(H,17,19). The molecule has 0 saturated heterocycles. The molecule has 19 heavy (non-hydrogen) atoms. The van der Waals surface area contributed by atoms with Crippen molar-refractivity contribution in [3.8, 4) is 0 Å². The van der Waals surface area contributed by atoms with Gasteiger partial charge >= 0.3 is 0 Å². The van der Waals surface area contributed by atoms with Crippen LogP contribution in [0.4, 0.5) is 5.69 Å². The van der Waals surface area contributed by atoms with Gasteiger partial charge in [-0.25, -0.2) is 0 Å². The largest absolute Gasteiger partial charge is 0.398 e. The zero-order chi connectivity index (χ0) is 14.6. The van der Waals surface area contributed by atoms with E-state index < -0.39 is 6.10 Å². The molecule has 0 spiro atoms. The van der Waals surface area contributed by atoms with Crippen LogP contribution in [-0.2, 0) is 0 Å². The van der Waals surface area contributed by atoms with Crippen molar-refractivity contribution in [2.45, 2.75) is 33.3 Å². The van der Waals surface area contributed by atoms with Gasteiger partial charge in [-0.3, -0.25) is 4.79 Å². The second-order valence-corrected chi connectivity index (χ2v) is 6.63. The van der Waals surface area contributed by atoms with Gasteiger partial charge in [0.1, 0.15) is 0 Å². The Morgan fingerprint density at radius 1 is 1.47 bits per heavy atom. The maximum absolute atomic E-state index is 12.0. The summed E-state index contributed by atoms with van der Waals surface area (Å²) in [6.07, 6.45) is 0.0783. The van der Waals surface area contributed by atoms with Crippen LogP contribution in [-0.4, -0.2) is 23.7 Å². The normalized spacial score (nSPS) is 13.1. The quantitative estimate of drug-likeness (QED) is 0.743. The third-order valence-electron chi connectivity index (χ3n) is 2.62. The van der Waals surface area contributed by atoms with Crippen LogP contribution < -0.4 is 11.1 Å². The number of rotatable bonds is 4. The monoisotopic (exact) mass is 328 g/mol. The molecule has 4 N–H and O–H groups in total. The lowest BCUT2D eigenvalue weighted by molar-refractivity contribution is 0.0868. The first-order chi connectivity index (χ1) is 8.70. The number of aliphatic hydroxyl groups is 1. The van der Waals surface area contributed by atoms with E-state index in [-0.39, 0.29) is 17.9 Å². The number of carbonyl (C=O) groups excluding carboxylic acids is 1. The zero-order valence-electron chi connectivity index (χ0n) is 11.5. The van der Waals surface area contributed by atoms with Crippen molar-refractivity contribution in [2.24, 2.45) is 5.41 Å². The zero-order valence-corrected chi connectivity index (χ0v) is 13.1. The molecule has 0 bridgehead atoms. The van der Waals surface area contributed by atoms with E-state index in [2.05, 4.69) is 21.2 Å². The minimum Gasteiger partial charge on any atom is -0.398 e.